The predicted octanol–water partition coefficient (Wildman–Crippen LogP) is 4.93. The molecule has 0 saturated carbocycles. The van der Waals surface area contributed by atoms with Gasteiger partial charge in [-0.25, -0.2) is 9.97 Å². The number of allylic oxidation sites excluding steroid dienone is 2. The molecule has 0 saturated heterocycles. The number of aryl methyl sites for hydroxylation is 1. The van der Waals surface area contributed by atoms with E-state index in [1.807, 2.05) is 25.4 Å². The Morgan fingerprint density at radius 3 is 2.48 bits per heavy atom. The van der Waals surface area contributed by atoms with Gasteiger partial charge >= 0.3 is 0 Å². The average Bonchev–Trinajstić information content (AvgIpc) is 2.80. The summed E-state index contributed by atoms with van der Waals surface area (Å²) in [6, 6.07) is 6.49. The highest BCUT2D eigenvalue weighted by Gasteiger charge is 2.14. The SMILES string of the molecule is C=CCn1c(C)c(C(=C)C)c2cc(-c3cnc(C)nc3)ccc21. The minimum Gasteiger partial charge on any atom is -0.340 e. The van der Waals surface area contributed by atoms with Crippen LogP contribution in [0.15, 0.2) is 49.8 Å². The van der Waals surface area contributed by atoms with Crippen LogP contribution in [-0.2, 0) is 6.54 Å². The van der Waals surface area contributed by atoms with E-state index in [0.717, 1.165) is 29.1 Å². The molecule has 116 valence electrons. The van der Waals surface area contributed by atoms with E-state index in [2.05, 4.69) is 59.7 Å². The molecule has 0 radical (unpaired) electrons. The molecule has 0 aliphatic heterocycles. The molecule has 1 aromatic carbocycles. The first-order valence-electron chi connectivity index (χ1n) is 7.71. The third-order valence-corrected chi connectivity index (χ3v) is 4.18. The number of benzene rings is 1. The molecular formula is C20H21N3. The van der Waals surface area contributed by atoms with Crippen LogP contribution in [0.4, 0.5) is 0 Å². The van der Waals surface area contributed by atoms with E-state index in [1.165, 1.54) is 22.2 Å². The molecular weight excluding hydrogens is 282 g/mol. The lowest BCUT2D eigenvalue weighted by Crippen LogP contribution is -1.97. The van der Waals surface area contributed by atoms with Crippen LogP contribution in [0.3, 0.4) is 0 Å². The van der Waals surface area contributed by atoms with Gasteiger partial charge in [-0.1, -0.05) is 18.7 Å². The van der Waals surface area contributed by atoms with Gasteiger partial charge in [-0.15, -0.1) is 6.58 Å². The quantitative estimate of drug-likeness (QED) is 0.639. The van der Waals surface area contributed by atoms with Crippen LogP contribution < -0.4 is 0 Å². The Morgan fingerprint density at radius 1 is 1.17 bits per heavy atom. The first-order chi connectivity index (χ1) is 11.0. The summed E-state index contributed by atoms with van der Waals surface area (Å²) in [5.41, 5.74) is 6.88. The van der Waals surface area contributed by atoms with Gasteiger partial charge in [-0.3, -0.25) is 0 Å². The molecule has 0 aliphatic carbocycles. The standard InChI is InChI=1S/C20H21N3/c1-6-9-23-14(4)20(13(2)3)18-10-16(7-8-19(18)23)17-11-21-15(5)22-12-17/h6-8,10-12H,1-2,9H2,3-5H3. The first kappa shape index (κ1) is 15.2. The fourth-order valence-electron chi connectivity index (χ4n) is 3.11. The van der Waals surface area contributed by atoms with Crippen LogP contribution in [0.25, 0.3) is 27.6 Å². The molecule has 2 heterocycles. The van der Waals surface area contributed by atoms with Crippen molar-refractivity contribution in [1.82, 2.24) is 14.5 Å². The topological polar surface area (TPSA) is 30.7 Å². The summed E-state index contributed by atoms with van der Waals surface area (Å²) in [5.74, 6) is 0.783. The van der Waals surface area contributed by atoms with Gasteiger partial charge in [0.25, 0.3) is 0 Å². The molecule has 3 aromatic rings. The Hall–Kier alpha value is -2.68. The Balaban J connectivity index is 2.26. The molecule has 3 nitrogen and oxygen atoms in total. The third kappa shape index (κ3) is 2.59. The van der Waals surface area contributed by atoms with Crippen LogP contribution in [0, 0.1) is 13.8 Å². The second-order valence-corrected chi connectivity index (χ2v) is 5.89. The summed E-state index contributed by atoms with van der Waals surface area (Å²) < 4.78 is 2.28. The molecule has 0 spiro atoms. The zero-order chi connectivity index (χ0) is 16.6. The molecule has 0 N–H and O–H groups in total. The number of fused-ring (bicyclic) bond motifs is 1. The van der Waals surface area contributed by atoms with Crippen molar-refractivity contribution in [3.8, 4) is 11.1 Å². The Labute approximate surface area is 137 Å². The van der Waals surface area contributed by atoms with Crippen LogP contribution in [0.2, 0.25) is 0 Å². The van der Waals surface area contributed by atoms with Gasteiger partial charge in [0, 0.05) is 46.7 Å². The largest absolute Gasteiger partial charge is 0.340 e. The molecule has 0 amide bonds. The first-order valence-corrected chi connectivity index (χ1v) is 7.71. The summed E-state index contributed by atoms with van der Waals surface area (Å²) in [6.45, 7) is 14.9. The predicted molar refractivity (Wildman–Crippen MR) is 97.3 cm³/mol. The maximum absolute atomic E-state index is 4.30. The Bertz CT molecular complexity index is 899. The second-order valence-electron chi connectivity index (χ2n) is 5.89. The fourth-order valence-corrected chi connectivity index (χ4v) is 3.11. The summed E-state index contributed by atoms with van der Waals surface area (Å²) in [6.07, 6.45) is 5.67. The van der Waals surface area contributed by atoms with Crippen molar-refractivity contribution in [3.05, 3.63) is 66.9 Å². The molecule has 0 fully saturated rings. The monoisotopic (exact) mass is 303 g/mol. The van der Waals surface area contributed by atoms with E-state index < -0.39 is 0 Å². The zero-order valence-corrected chi connectivity index (χ0v) is 13.9. The van der Waals surface area contributed by atoms with Crippen molar-refractivity contribution >= 4 is 16.5 Å². The molecule has 3 heteroatoms. The van der Waals surface area contributed by atoms with Gasteiger partial charge in [0.05, 0.1) is 0 Å². The van der Waals surface area contributed by atoms with E-state index in [-0.39, 0.29) is 0 Å². The number of hydrogen-bond acceptors (Lipinski definition) is 2. The van der Waals surface area contributed by atoms with E-state index in [0.29, 0.717) is 0 Å². The van der Waals surface area contributed by atoms with Gasteiger partial charge in [-0.05, 0) is 44.0 Å². The minimum absolute atomic E-state index is 0.783. The minimum atomic E-state index is 0.783. The van der Waals surface area contributed by atoms with E-state index in [1.54, 1.807) is 0 Å². The van der Waals surface area contributed by atoms with Crippen molar-refractivity contribution in [2.24, 2.45) is 0 Å². The molecule has 0 unspecified atom stereocenters. The summed E-state index contributed by atoms with van der Waals surface area (Å²) in [5, 5.41) is 1.22. The van der Waals surface area contributed by atoms with Crippen molar-refractivity contribution in [1.29, 1.82) is 0 Å². The van der Waals surface area contributed by atoms with E-state index >= 15 is 0 Å². The van der Waals surface area contributed by atoms with Crippen molar-refractivity contribution in [2.45, 2.75) is 27.3 Å². The summed E-state index contributed by atoms with van der Waals surface area (Å²) in [7, 11) is 0. The highest BCUT2D eigenvalue weighted by molar-refractivity contribution is 5.96. The van der Waals surface area contributed by atoms with Crippen LogP contribution >= 0.6 is 0 Å². The highest BCUT2D eigenvalue weighted by atomic mass is 15.0. The third-order valence-electron chi connectivity index (χ3n) is 4.18. The molecule has 23 heavy (non-hydrogen) atoms. The summed E-state index contributed by atoms with van der Waals surface area (Å²) >= 11 is 0. The molecule has 3 rings (SSSR count). The van der Waals surface area contributed by atoms with Gasteiger partial charge < -0.3 is 4.57 Å². The van der Waals surface area contributed by atoms with Gasteiger partial charge in [-0.2, -0.15) is 0 Å². The lowest BCUT2D eigenvalue weighted by Gasteiger charge is -2.05. The zero-order valence-electron chi connectivity index (χ0n) is 13.9. The van der Waals surface area contributed by atoms with Gasteiger partial charge in [0.15, 0.2) is 0 Å². The summed E-state index contributed by atoms with van der Waals surface area (Å²) in [4.78, 5) is 8.60. The van der Waals surface area contributed by atoms with Crippen molar-refractivity contribution in [3.63, 3.8) is 0 Å². The lowest BCUT2D eigenvalue weighted by atomic mass is 10.0. The highest BCUT2D eigenvalue weighted by Crippen LogP contribution is 2.33. The number of nitrogens with zero attached hydrogens (tertiary/aromatic N) is 3. The lowest BCUT2D eigenvalue weighted by molar-refractivity contribution is 0.827. The maximum Gasteiger partial charge on any atom is 0.125 e. The number of hydrogen-bond donors (Lipinski definition) is 0. The molecule has 0 bridgehead atoms. The molecule has 0 atom stereocenters. The number of rotatable bonds is 4. The second kappa shape index (κ2) is 5.84. The molecule has 0 aliphatic rings. The van der Waals surface area contributed by atoms with Crippen LogP contribution in [0.5, 0.6) is 0 Å². The van der Waals surface area contributed by atoms with Crippen molar-refractivity contribution < 1.29 is 0 Å². The van der Waals surface area contributed by atoms with Gasteiger partial charge in [0.1, 0.15) is 5.82 Å². The van der Waals surface area contributed by atoms with E-state index in [9.17, 15) is 0 Å². The smallest absolute Gasteiger partial charge is 0.125 e. The van der Waals surface area contributed by atoms with Crippen LogP contribution in [0.1, 0.15) is 24.0 Å². The molecule has 2 aromatic heterocycles. The maximum atomic E-state index is 4.30. The Kier molecular flexibility index (Phi) is 3.87. The Morgan fingerprint density at radius 2 is 1.87 bits per heavy atom. The van der Waals surface area contributed by atoms with E-state index in [4.69, 9.17) is 0 Å². The average molecular weight is 303 g/mol. The van der Waals surface area contributed by atoms with Crippen LogP contribution in [-0.4, -0.2) is 14.5 Å². The van der Waals surface area contributed by atoms with Gasteiger partial charge in [0.2, 0.25) is 0 Å². The number of aromatic nitrogens is 3. The fraction of sp³-hybridized carbons (Fsp3) is 0.200. The normalized spacial score (nSPS) is 10.9. The van der Waals surface area contributed by atoms with Crippen molar-refractivity contribution in [2.75, 3.05) is 0 Å².